The van der Waals surface area contributed by atoms with Crippen LogP contribution in [0.25, 0.3) is 0 Å². The van der Waals surface area contributed by atoms with Crippen molar-refractivity contribution in [2.45, 2.75) is 26.7 Å². The maximum atomic E-state index is 12.3. The molecule has 2 rings (SSSR count). The van der Waals surface area contributed by atoms with Gasteiger partial charge in [0.25, 0.3) is 5.91 Å². The molecule has 1 aliphatic rings. The summed E-state index contributed by atoms with van der Waals surface area (Å²) in [5.74, 6) is 1.12. The molecule has 1 fully saturated rings. The van der Waals surface area contributed by atoms with Crippen molar-refractivity contribution in [2.24, 2.45) is 5.92 Å². The van der Waals surface area contributed by atoms with Crippen LogP contribution in [-0.4, -0.2) is 37.0 Å². The Morgan fingerprint density at radius 2 is 1.95 bits per heavy atom. The second-order valence-corrected chi connectivity index (χ2v) is 4.92. The lowest BCUT2D eigenvalue weighted by atomic mass is 9.96. The number of carbonyl (C=O) groups is 2. The fraction of sp³-hybridized carbons (Fsp3) is 0.571. The summed E-state index contributed by atoms with van der Waals surface area (Å²) in [6.07, 6.45) is 1.32. The van der Waals surface area contributed by atoms with Crippen LogP contribution in [0.15, 0.2) is 10.5 Å². The summed E-state index contributed by atoms with van der Waals surface area (Å²) in [6, 6.07) is 1.77. The standard InChI is InChI=1S/C14H19NO4/c1-9-8-12(10(2)19-9)13(16)15-6-4-11(5-7-15)14(17)18-3/h8,11H,4-7H2,1-3H3. The van der Waals surface area contributed by atoms with Gasteiger partial charge in [-0.15, -0.1) is 0 Å². The average Bonchev–Trinajstić information content (AvgIpc) is 2.76. The molecule has 1 aliphatic heterocycles. The van der Waals surface area contributed by atoms with Gasteiger partial charge in [0.15, 0.2) is 0 Å². The summed E-state index contributed by atoms with van der Waals surface area (Å²) >= 11 is 0. The highest BCUT2D eigenvalue weighted by molar-refractivity contribution is 5.95. The molecule has 5 heteroatoms. The van der Waals surface area contributed by atoms with Crippen molar-refractivity contribution in [1.82, 2.24) is 4.90 Å². The number of piperidine rings is 1. The smallest absolute Gasteiger partial charge is 0.308 e. The molecule has 0 N–H and O–H groups in total. The number of nitrogens with zero attached hydrogens (tertiary/aromatic N) is 1. The number of ether oxygens (including phenoxy) is 1. The van der Waals surface area contributed by atoms with Crippen LogP contribution in [-0.2, 0) is 9.53 Å². The number of hydrogen-bond donors (Lipinski definition) is 0. The van der Waals surface area contributed by atoms with Gasteiger partial charge in [-0.3, -0.25) is 9.59 Å². The summed E-state index contributed by atoms with van der Waals surface area (Å²) in [5, 5.41) is 0. The Morgan fingerprint density at radius 3 is 2.42 bits per heavy atom. The number of aryl methyl sites for hydroxylation is 2. The number of amides is 1. The maximum Gasteiger partial charge on any atom is 0.308 e. The Labute approximate surface area is 112 Å². The number of rotatable bonds is 2. The lowest BCUT2D eigenvalue weighted by Gasteiger charge is -2.30. The molecular weight excluding hydrogens is 246 g/mol. The summed E-state index contributed by atoms with van der Waals surface area (Å²) in [7, 11) is 1.40. The molecule has 2 heterocycles. The Kier molecular flexibility index (Phi) is 3.93. The summed E-state index contributed by atoms with van der Waals surface area (Å²) < 4.78 is 10.1. The van der Waals surface area contributed by atoms with Crippen molar-refractivity contribution in [3.05, 3.63) is 23.2 Å². The van der Waals surface area contributed by atoms with Crippen LogP contribution in [0, 0.1) is 19.8 Å². The van der Waals surface area contributed by atoms with Crippen LogP contribution in [0.2, 0.25) is 0 Å². The third-order valence-electron chi connectivity index (χ3n) is 3.59. The van der Waals surface area contributed by atoms with Gasteiger partial charge in [0.1, 0.15) is 11.5 Å². The fourth-order valence-electron chi connectivity index (χ4n) is 2.50. The molecule has 0 radical (unpaired) electrons. The number of hydrogen-bond acceptors (Lipinski definition) is 4. The Morgan fingerprint density at radius 1 is 1.32 bits per heavy atom. The van der Waals surface area contributed by atoms with E-state index in [4.69, 9.17) is 9.15 Å². The topological polar surface area (TPSA) is 59.8 Å². The molecular formula is C14H19NO4. The maximum absolute atomic E-state index is 12.3. The van der Waals surface area contributed by atoms with Crippen LogP contribution in [0.1, 0.15) is 34.7 Å². The van der Waals surface area contributed by atoms with Crippen LogP contribution in [0.5, 0.6) is 0 Å². The van der Waals surface area contributed by atoms with Gasteiger partial charge < -0.3 is 14.1 Å². The monoisotopic (exact) mass is 265 g/mol. The zero-order chi connectivity index (χ0) is 14.0. The Hall–Kier alpha value is -1.78. The molecule has 1 amide bonds. The largest absolute Gasteiger partial charge is 0.469 e. The highest BCUT2D eigenvalue weighted by Gasteiger charge is 2.29. The van der Waals surface area contributed by atoms with Crippen molar-refractivity contribution in [1.29, 1.82) is 0 Å². The molecule has 1 aromatic rings. The van der Waals surface area contributed by atoms with Gasteiger partial charge in [0.05, 0.1) is 18.6 Å². The van der Waals surface area contributed by atoms with Gasteiger partial charge >= 0.3 is 5.97 Å². The third-order valence-corrected chi connectivity index (χ3v) is 3.59. The van der Waals surface area contributed by atoms with Crippen molar-refractivity contribution >= 4 is 11.9 Å². The van der Waals surface area contributed by atoms with E-state index in [9.17, 15) is 9.59 Å². The van der Waals surface area contributed by atoms with Crippen molar-refractivity contribution in [2.75, 3.05) is 20.2 Å². The molecule has 0 atom stereocenters. The van der Waals surface area contributed by atoms with E-state index in [1.54, 1.807) is 17.9 Å². The zero-order valence-electron chi connectivity index (χ0n) is 11.6. The van der Waals surface area contributed by atoms with Crippen LogP contribution in [0.4, 0.5) is 0 Å². The quantitative estimate of drug-likeness (QED) is 0.766. The first-order chi connectivity index (χ1) is 9.02. The van der Waals surface area contributed by atoms with Gasteiger partial charge in [-0.1, -0.05) is 0 Å². The minimum absolute atomic E-state index is 0.0161. The van der Waals surface area contributed by atoms with Gasteiger partial charge in [-0.25, -0.2) is 0 Å². The normalized spacial score (nSPS) is 16.5. The van der Waals surface area contributed by atoms with Crippen LogP contribution >= 0.6 is 0 Å². The predicted molar refractivity (Wildman–Crippen MR) is 68.8 cm³/mol. The highest BCUT2D eigenvalue weighted by Crippen LogP contribution is 2.22. The lowest BCUT2D eigenvalue weighted by Crippen LogP contribution is -2.40. The summed E-state index contributed by atoms with van der Waals surface area (Å²) in [6.45, 7) is 4.79. The van der Waals surface area contributed by atoms with E-state index in [-0.39, 0.29) is 17.8 Å². The minimum Gasteiger partial charge on any atom is -0.469 e. The van der Waals surface area contributed by atoms with Crippen molar-refractivity contribution < 1.29 is 18.7 Å². The van der Waals surface area contributed by atoms with E-state index in [2.05, 4.69) is 0 Å². The van der Waals surface area contributed by atoms with Gasteiger partial charge in [-0.05, 0) is 32.8 Å². The van der Waals surface area contributed by atoms with E-state index < -0.39 is 0 Å². The molecule has 0 aliphatic carbocycles. The lowest BCUT2D eigenvalue weighted by molar-refractivity contribution is -0.146. The first-order valence-corrected chi connectivity index (χ1v) is 6.47. The molecule has 0 bridgehead atoms. The fourth-order valence-corrected chi connectivity index (χ4v) is 2.50. The number of carbonyl (C=O) groups excluding carboxylic acids is 2. The molecule has 1 saturated heterocycles. The Bertz CT molecular complexity index is 484. The average molecular weight is 265 g/mol. The van der Waals surface area contributed by atoms with E-state index >= 15 is 0 Å². The van der Waals surface area contributed by atoms with Crippen molar-refractivity contribution in [3.63, 3.8) is 0 Å². The number of furan rings is 1. The summed E-state index contributed by atoms with van der Waals surface area (Å²) in [5.41, 5.74) is 0.619. The number of likely N-dealkylation sites (tertiary alicyclic amines) is 1. The first-order valence-electron chi connectivity index (χ1n) is 6.47. The van der Waals surface area contributed by atoms with Crippen molar-refractivity contribution in [3.8, 4) is 0 Å². The highest BCUT2D eigenvalue weighted by atomic mass is 16.5. The van der Waals surface area contributed by atoms with E-state index in [0.29, 0.717) is 37.3 Å². The molecule has 0 saturated carbocycles. The number of methoxy groups -OCH3 is 1. The molecule has 0 spiro atoms. The second-order valence-electron chi connectivity index (χ2n) is 4.92. The minimum atomic E-state index is -0.178. The molecule has 0 aromatic carbocycles. The third kappa shape index (κ3) is 2.80. The van der Waals surface area contributed by atoms with Crippen LogP contribution in [0.3, 0.4) is 0 Å². The zero-order valence-corrected chi connectivity index (χ0v) is 11.6. The van der Waals surface area contributed by atoms with Gasteiger partial charge in [-0.2, -0.15) is 0 Å². The first kappa shape index (κ1) is 13.6. The Balaban J connectivity index is 2.00. The van der Waals surface area contributed by atoms with E-state index in [1.165, 1.54) is 7.11 Å². The predicted octanol–water partition coefficient (Wildman–Crippen LogP) is 1.92. The summed E-state index contributed by atoms with van der Waals surface area (Å²) in [4.78, 5) is 25.5. The molecule has 0 unspecified atom stereocenters. The van der Waals surface area contributed by atoms with Gasteiger partial charge in [0, 0.05) is 13.1 Å². The molecule has 104 valence electrons. The SMILES string of the molecule is COC(=O)C1CCN(C(=O)c2cc(C)oc2C)CC1. The molecule has 19 heavy (non-hydrogen) atoms. The van der Waals surface area contributed by atoms with E-state index in [0.717, 1.165) is 5.76 Å². The van der Waals surface area contributed by atoms with Crippen LogP contribution < -0.4 is 0 Å². The number of esters is 1. The van der Waals surface area contributed by atoms with E-state index in [1.807, 2.05) is 6.92 Å². The molecule has 5 nitrogen and oxygen atoms in total. The van der Waals surface area contributed by atoms with Gasteiger partial charge in [0.2, 0.25) is 0 Å². The second kappa shape index (κ2) is 5.47. The molecule has 1 aromatic heterocycles.